The van der Waals surface area contributed by atoms with Crippen LogP contribution >= 0.6 is 15.9 Å². The first-order valence-corrected chi connectivity index (χ1v) is 6.48. The van der Waals surface area contributed by atoms with Crippen LogP contribution in [0.5, 0.6) is 0 Å². The van der Waals surface area contributed by atoms with Crippen molar-refractivity contribution in [1.82, 2.24) is 4.57 Å². The molecule has 0 saturated carbocycles. The van der Waals surface area contributed by atoms with Crippen LogP contribution in [0.2, 0.25) is 0 Å². The van der Waals surface area contributed by atoms with Gasteiger partial charge < -0.3 is 9.88 Å². The molecule has 0 fully saturated rings. The first-order chi connectivity index (χ1) is 8.08. The highest BCUT2D eigenvalue weighted by Crippen LogP contribution is 2.25. The third kappa shape index (κ3) is 2.72. The van der Waals surface area contributed by atoms with Crippen molar-refractivity contribution in [2.24, 2.45) is 7.05 Å². The van der Waals surface area contributed by atoms with Crippen molar-refractivity contribution in [2.75, 3.05) is 5.32 Å². The summed E-state index contributed by atoms with van der Waals surface area (Å²) in [6, 6.07) is 8.48. The summed E-state index contributed by atoms with van der Waals surface area (Å²) in [6.45, 7) is 5.11. The average molecular weight is 293 g/mol. The minimum Gasteiger partial charge on any atom is -0.379 e. The summed E-state index contributed by atoms with van der Waals surface area (Å²) in [4.78, 5) is 0. The van der Waals surface area contributed by atoms with Crippen LogP contribution in [0.25, 0.3) is 0 Å². The normalized spacial score (nSPS) is 10.6. The smallest absolute Gasteiger partial charge is 0.0553 e. The zero-order valence-electron chi connectivity index (χ0n) is 10.4. The maximum atomic E-state index is 3.52. The second kappa shape index (κ2) is 4.96. The van der Waals surface area contributed by atoms with Crippen LogP contribution in [-0.2, 0) is 13.6 Å². The van der Waals surface area contributed by atoms with Crippen molar-refractivity contribution in [1.29, 1.82) is 0 Å². The minimum atomic E-state index is 0.854. The van der Waals surface area contributed by atoms with Crippen LogP contribution < -0.4 is 5.32 Å². The SMILES string of the molecule is Cc1cc(Br)cc(C)c1NCc1cccn1C. The van der Waals surface area contributed by atoms with Gasteiger partial charge in [-0.25, -0.2) is 0 Å². The van der Waals surface area contributed by atoms with Crippen molar-refractivity contribution in [3.63, 3.8) is 0 Å². The molecular weight excluding hydrogens is 276 g/mol. The standard InChI is InChI=1S/C14H17BrN2/c1-10-7-12(15)8-11(2)14(10)16-9-13-5-4-6-17(13)3/h4-8,16H,9H2,1-3H3. The Hall–Kier alpha value is -1.22. The van der Waals surface area contributed by atoms with Crippen molar-refractivity contribution in [3.8, 4) is 0 Å². The van der Waals surface area contributed by atoms with Crippen molar-refractivity contribution in [2.45, 2.75) is 20.4 Å². The van der Waals surface area contributed by atoms with E-state index in [9.17, 15) is 0 Å². The number of halogens is 1. The zero-order chi connectivity index (χ0) is 12.4. The number of nitrogens with zero attached hydrogens (tertiary/aromatic N) is 1. The second-order valence-corrected chi connectivity index (χ2v) is 5.29. The molecule has 2 nitrogen and oxygen atoms in total. The fraction of sp³-hybridized carbons (Fsp3) is 0.286. The Labute approximate surface area is 111 Å². The maximum absolute atomic E-state index is 3.52. The fourth-order valence-electron chi connectivity index (χ4n) is 2.05. The molecular formula is C14H17BrN2. The molecule has 0 aliphatic rings. The van der Waals surface area contributed by atoms with E-state index in [1.807, 2.05) is 0 Å². The van der Waals surface area contributed by atoms with Gasteiger partial charge >= 0.3 is 0 Å². The van der Waals surface area contributed by atoms with Crippen LogP contribution in [0.4, 0.5) is 5.69 Å². The van der Waals surface area contributed by atoms with Gasteiger partial charge in [-0.3, -0.25) is 0 Å². The first-order valence-electron chi connectivity index (χ1n) is 5.69. The molecule has 0 aliphatic heterocycles. The Bertz CT molecular complexity index is 506. The van der Waals surface area contributed by atoms with E-state index in [-0.39, 0.29) is 0 Å². The molecule has 3 heteroatoms. The number of aromatic nitrogens is 1. The number of benzene rings is 1. The lowest BCUT2D eigenvalue weighted by molar-refractivity contribution is 0.841. The van der Waals surface area contributed by atoms with Crippen molar-refractivity contribution < 1.29 is 0 Å². The molecule has 0 unspecified atom stereocenters. The molecule has 0 atom stereocenters. The van der Waals surface area contributed by atoms with E-state index in [1.54, 1.807) is 0 Å². The van der Waals surface area contributed by atoms with E-state index in [0.29, 0.717) is 0 Å². The quantitative estimate of drug-likeness (QED) is 0.904. The highest BCUT2D eigenvalue weighted by molar-refractivity contribution is 9.10. The van der Waals surface area contributed by atoms with Gasteiger partial charge in [0.1, 0.15) is 0 Å². The zero-order valence-corrected chi connectivity index (χ0v) is 12.0. The van der Waals surface area contributed by atoms with E-state index >= 15 is 0 Å². The van der Waals surface area contributed by atoms with Crippen LogP contribution in [0, 0.1) is 13.8 Å². The molecule has 0 saturated heterocycles. The van der Waals surface area contributed by atoms with Gasteiger partial charge in [-0.05, 0) is 49.2 Å². The van der Waals surface area contributed by atoms with E-state index in [4.69, 9.17) is 0 Å². The van der Waals surface area contributed by atoms with Gasteiger partial charge in [0.15, 0.2) is 0 Å². The number of rotatable bonds is 3. The molecule has 0 spiro atoms. The number of aryl methyl sites for hydroxylation is 3. The van der Waals surface area contributed by atoms with Gasteiger partial charge in [-0.2, -0.15) is 0 Å². The summed E-state index contributed by atoms with van der Waals surface area (Å²) in [6.07, 6.45) is 2.07. The second-order valence-electron chi connectivity index (χ2n) is 4.38. The summed E-state index contributed by atoms with van der Waals surface area (Å²) in [5.74, 6) is 0. The lowest BCUT2D eigenvalue weighted by Gasteiger charge is -2.13. The third-order valence-corrected chi connectivity index (χ3v) is 3.45. The molecule has 1 aromatic heterocycles. The molecule has 0 aliphatic carbocycles. The topological polar surface area (TPSA) is 17.0 Å². The predicted molar refractivity (Wildman–Crippen MR) is 76.4 cm³/mol. The van der Waals surface area contributed by atoms with Crippen LogP contribution in [0.3, 0.4) is 0 Å². The first kappa shape index (κ1) is 12.2. The Morgan fingerprint density at radius 1 is 1.24 bits per heavy atom. The van der Waals surface area contributed by atoms with Crippen molar-refractivity contribution >= 4 is 21.6 Å². The lowest BCUT2D eigenvalue weighted by atomic mass is 10.1. The maximum Gasteiger partial charge on any atom is 0.0553 e. The fourth-order valence-corrected chi connectivity index (χ4v) is 2.74. The van der Waals surface area contributed by atoms with Gasteiger partial charge in [0, 0.05) is 29.1 Å². The Balaban J connectivity index is 2.17. The molecule has 2 aromatic rings. The Kier molecular flexibility index (Phi) is 3.57. The molecule has 2 rings (SSSR count). The predicted octanol–water partition coefficient (Wildman–Crippen LogP) is 4.02. The molecule has 1 N–H and O–H groups in total. The highest BCUT2D eigenvalue weighted by Gasteiger charge is 2.04. The number of anilines is 1. The van der Waals surface area contributed by atoms with Gasteiger partial charge in [0.2, 0.25) is 0 Å². The molecule has 17 heavy (non-hydrogen) atoms. The summed E-state index contributed by atoms with van der Waals surface area (Å²) >= 11 is 3.52. The van der Waals surface area contributed by atoms with Gasteiger partial charge in [-0.15, -0.1) is 0 Å². The molecule has 0 bridgehead atoms. The number of nitrogens with one attached hydrogen (secondary N) is 1. The van der Waals surface area contributed by atoms with E-state index < -0.39 is 0 Å². The van der Waals surface area contributed by atoms with Crippen LogP contribution in [0.15, 0.2) is 34.9 Å². The Morgan fingerprint density at radius 3 is 2.41 bits per heavy atom. The number of hydrogen-bond acceptors (Lipinski definition) is 1. The van der Waals surface area contributed by atoms with Gasteiger partial charge in [0.25, 0.3) is 0 Å². The van der Waals surface area contributed by atoms with Crippen LogP contribution in [0.1, 0.15) is 16.8 Å². The van der Waals surface area contributed by atoms with E-state index in [1.165, 1.54) is 22.5 Å². The summed E-state index contributed by atoms with van der Waals surface area (Å²) in [5, 5.41) is 3.51. The summed E-state index contributed by atoms with van der Waals surface area (Å²) in [7, 11) is 2.07. The monoisotopic (exact) mass is 292 g/mol. The molecule has 1 aromatic carbocycles. The molecule has 0 amide bonds. The van der Waals surface area contributed by atoms with E-state index in [0.717, 1.165) is 11.0 Å². The molecule has 1 heterocycles. The van der Waals surface area contributed by atoms with Gasteiger partial charge in [-0.1, -0.05) is 15.9 Å². The van der Waals surface area contributed by atoms with Crippen LogP contribution in [-0.4, -0.2) is 4.57 Å². The molecule has 90 valence electrons. The lowest BCUT2D eigenvalue weighted by Crippen LogP contribution is -2.06. The van der Waals surface area contributed by atoms with Crippen molar-refractivity contribution in [3.05, 3.63) is 51.8 Å². The summed E-state index contributed by atoms with van der Waals surface area (Å²) in [5.41, 5.74) is 5.05. The highest BCUT2D eigenvalue weighted by atomic mass is 79.9. The number of hydrogen-bond donors (Lipinski definition) is 1. The third-order valence-electron chi connectivity index (χ3n) is 3.00. The summed E-state index contributed by atoms with van der Waals surface area (Å²) < 4.78 is 3.27. The van der Waals surface area contributed by atoms with E-state index in [2.05, 4.69) is 77.2 Å². The minimum absolute atomic E-state index is 0.854. The van der Waals surface area contributed by atoms with Gasteiger partial charge in [0.05, 0.1) is 6.54 Å². The Morgan fingerprint density at radius 2 is 1.88 bits per heavy atom. The molecule has 0 radical (unpaired) electrons. The average Bonchev–Trinajstić information content (AvgIpc) is 2.62. The largest absolute Gasteiger partial charge is 0.379 e.